The van der Waals surface area contributed by atoms with E-state index in [0.29, 0.717) is 18.9 Å². The second-order valence-electron chi connectivity index (χ2n) is 5.87. The Morgan fingerprint density at radius 1 is 1.27 bits per heavy atom. The number of aliphatic hydroxyl groups excluding tert-OH is 1. The first-order valence-corrected chi connectivity index (χ1v) is 5.76. The van der Waals surface area contributed by atoms with E-state index in [-0.39, 0.29) is 12.0 Å². The Hall–Kier alpha value is -0.120. The van der Waals surface area contributed by atoms with E-state index < -0.39 is 5.60 Å². The minimum Gasteiger partial charge on any atom is -0.393 e. The molecule has 0 amide bonds. The summed E-state index contributed by atoms with van der Waals surface area (Å²) in [7, 11) is 0. The van der Waals surface area contributed by atoms with Gasteiger partial charge < -0.3 is 15.9 Å². The molecule has 0 radical (unpaired) electrons. The van der Waals surface area contributed by atoms with Crippen LogP contribution in [0, 0.1) is 11.3 Å². The monoisotopic (exact) mass is 217 g/mol. The van der Waals surface area contributed by atoms with Crippen LogP contribution in [-0.4, -0.2) is 29.0 Å². The number of rotatable bonds is 7. The number of aliphatic hydroxyl groups is 2. The van der Waals surface area contributed by atoms with Gasteiger partial charge in [0.05, 0.1) is 12.2 Å². The lowest BCUT2D eigenvalue weighted by Crippen LogP contribution is -2.30. The number of nitrogens with two attached hydrogens (primary N) is 1. The maximum absolute atomic E-state index is 9.65. The average Bonchev–Trinajstić information content (AvgIpc) is 2.15. The largest absolute Gasteiger partial charge is 0.393 e. The Morgan fingerprint density at radius 2 is 1.80 bits per heavy atom. The zero-order valence-corrected chi connectivity index (χ0v) is 10.6. The van der Waals surface area contributed by atoms with Gasteiger partial charge in [0.15, 0.2) is 0 Å². The summed E-state index contributed by atoms with van der Waals surface area (Å²) in [4.78, 5) is 0. The van der Waals surface area contributed by atoms with Gasteiger partial charge in [0.2, 0.25) is 0 Å². The van der Waals surface area contributed by atoms with Crippen molar-refractivity contribution >= 4 is 0 Å². The van der Waals surface area contributed by atoms with Crippen LogP contribution < -0.4 is 5.73 Å². The maximum Gasteiger partial charge on any atom is 0.0849 e. The highest BCUT2D eigenvalue weighted by molar-refractivity contribution is 4.76. The second kappa shape index (κ2) is 5.83. The fraction of sp³-hybridized carbons (Fsp3) is 1.00. The van der Waals surface area contributed by atoms with Gasteiger partial charge >= 0.3 is 0 Å². The molecule has 0 spiro atoms. The predicted molar refractivity (Wildman–Crippen MR) is 63.6 cm³/mol. The van der Waals surface area contributed by atoms with Crippen molar-refractivity contribution in [1.82, 2.24) is 0 Å². The highest BCUT2D eigenvalue weighted by Gasteiger charge is 2.23. The van der Waals surface area contributed by atoms with E-state index in [1.165, 1.54) is 0 Å². The van der Waals surface area contributed by atoms with Crippen molar-refractivity contribution in [2.45, 2.75) is 52.6 Å². The predicted octanol–water partition coefficient (Wildman–Crippen LogP) is 1.52. The second-order valence-corrected chi connectivity index (χ2v) is 5.87. The normalized spacial score (nSPS) is 18.6. The summed E-state index contributed by atoms with van der Waals surface area (Å²) in [6.45, 7) is 8.69. The smallest absolute Gasteiger partial charge is 0.0849 e. The van der Waals surface area contributed by atoms with Crippen LogP contribution >= 0.6 is 0 Å². The minimum atomic E-state index is -0.929. The van der Waals surface area contributed by atoms with Gasteiger partial charge in [0, 0.05) is 0 Å². The van der Waals surface area contributed by atoms with Gasteiger partial charge in [-0.2, -0.15) is 0 Å². The molecule has 15 heavy (non-hydrogen) atoms. The molecule has 0 aromatic heterocycles. The molecule has 2 unspecified atom stereocenters. The summed E-state index contributed by atoms with van der Waals surface area (Å²) in [5.41, 5.74) is 4.91. The van der Waals surface area contributed by atoms with Gasteiger partial charge in [-0.1, -0.05) is 20.8 Å². The third-order valence-corrected chi connectivity index (χ3v) is 2.97. The van der Waals surface area contributed by atoms with E-state index in [0.717, 1.165) is 12.8 Å². The standard InChI is InChI=1S/C12H27NO2/c1-10(7-11(2,3)8-13)5-6-12(4,15)9-14/h10,14-15H,5-9,13H2,1-4H3. The SMILES string of the molecule is CC(CCC(C)(O)CO)CC(C)(C)CN. The minimum absolute atomic E-state index is 0.167. The van der Waals surface area contributed by atoms with E-state index in [1.54, 1.807) is 6.92 Å². The van der Waals surface area contributed by atoms with Crippen molar-refractivity contribution in [2.24, 2.45) is 17.1 Å². The lowest BCUT2D eigenvalue weighted by atomic mass is 9.81. The zero-order chi connectivity index (χ0) is 12.1. The molecule has 0 saturated heterocycles. The first-order valence-electron chi connectivity index (χ1n) is 5.76. The molecule has 0 aromatic carbocycles. The molecule has 0 saturated carbocycles. The quantitative estimate of drug-likeness (QED) is 0.606. The van der Waals surface area contributed by atoms with Crippen LogP contribution in [0.1, 0.15) is 47.0 Å². The molecule has 0 aliphatic rings. The summed E-state index contributed by atoms with van der Waals surface area (Å²) >= 11 is 0. The summed E-state index contributed by atoms with van der Waals surface area (Å²) in [6, 6.07) is 0. The van der Waals surface area contributed by atoms with E-state index >= 15 is 0 Å². The molecule has 3 heteroatoms. The Labute approximate surface area is 93.7 Å². The van der Waals surface area contributed by atoms with E-state index in [2.05, 4.69) is 20.8 Å². The van der Waals surface area contributed by atoms with Crippen molar-refractivity contribution in [3.8, 4) is 0 Å². The van der Waals surface area contributed by atoms with Gasteiger partial charge in [-0.15, -0.1) is 0 Å². The molecule has 0 rings (SSSR count). The van der Waals surface area contributed by atoms with Crippen LogP contribution in [-0.2, 0) is 0 Å². The zero-order valence-electron chi connectivity index (χ0n) is 10.6. The molecule has 0 fully saturated rings. The molecule has 3 nitrogen and oxygen atoms in total. The molecule has 4 N–H and O–H groups in total. The Morgan fingerprint density at radius 3 is 2.20 bits per heavy atom. The van der Waals surface area contributed by atoms with Gasteiger partial charge in [0.25, 0.3) is 0 Å². The van der Waals surface area contributed by atoms with E-state index in [9.17, 15) is 5.11 Å². The summed E-state index contributed by atoms with van der Waals surface area (Å²) < 4.78 is 0. The van der Waals surface area contributed by atoms with Crippen LogP contribution in [0.5, 0.6) is 0 Å². The topological polar surface area (TPSA) is 66.5 Å². The third kappa shape index (κ3) is 6.88. The van der Waals surface area contributed by atoms with Gasteiger partial charge in [0.1, 0.15) is 0 Å². The van der Waals surface area contributed by atoms with E-state index in [4.69, 9.17) is 10.8 Å². The molecular weight excluding hydrogens is 190 g/mol. The highest BCUT2D eigenvalue weighted by Crippen LogP contribution is 2.28. The average molecular weight is 217 g/mol. The lowest BCUT2D eigenvalue weighted by molar-refractivity contribution is -0.0103. The van der Waals surface area contributed by atoms with Gasteiger partial charge in [-0.25, -0.2) is 0 Å². The molecule has 0 bridgehead atoms. The fourth-order valence-electron chi connectivity index (χ4n) is 1.77. The highest BCUT2D eigenvalue weighted by atomic mass is 16.3. The fourth-order valence-corrected chi connectivity index (χ4v) is 1.77. The molecule has 0 aromatic rings. The van der Waals surface area contributed by atoms with Crippen molar-refractivity contribution in [3.63, 3.8) is 0 Å². The molecule has 0 aliphatic heterocycles. The molecule has 0 aliphatic carbocycles. The Bertz CT molecular complexity index is 178. The van der Waals surface area contributed by atoms with Crippen LogP contribution in [0.15, 0.2) is 0 Å². The van der Waals surface area contributed by atoms with Crippen LogP contribution in [0.25, 0.3) is 0 Å². The number of hydrogen-bond donors (Lipinski definition) is 3. The molecular formula is C12H27NO2. The van der Waals surface area contributed by atoms with Crippen molar-refractivity contribution in [1.29, 1.82) is 0 Å². The summed E-state index contributed by atoms with van der Waals surface area (Å²) in [6.07, 6.45) is 2.63. The lowest BCUT2D eigenvalue weighted by Gasteiger charge is -2.28. The van der Waals surface area contributed by atoms with E-state index in [1.807, 2.05) is 0 Å². The Kier molecular flexibility index (Phi) is 5.78. The van der Waals surface area contributed by atoms with Crippen LogP contribution in [0.2, 0.25) is 0 Å². The third-order valence-electron chi connectivity index (χ3n) is 2.97. The van der Waals surface area contributed by atoms with Gasteiger partial charge in [-0.3, -0.25) is 0 Å². The Balaban J connectivity index is 3.90. The summed E-state index contributed by atoms with van der Waals surface area (Å²) in [5, 5.41) is 18.6. The van der Waals surface area contributed by atoms with Crippen LogP contribution in [0.3, 0.4) is 0 Å². The first kappa shape index (κ1) is 14.9. The molecule has 92 valence electrons. The molecule has 0 heterocycles. The van der Waals surface area contributed by atoms with Crippen molar-refractivity contribution in [3.05, 3.63) is 0 Å². The molecule has 2 atom stereocenters. The first-order chi connectivity index (χ1) is 6.72. The number of hydrogen-bond acceptors (Lipinski definition) is 3. The maximum atomic E-state index is 9.65. The summed E-state index contributed by atoms with van der Waals surface area (Å²) in [5.74, 6) is 0.529. The van der Waals surface area contributed by atoms with Crippen molar-refractivity contribution in [2.75, 3.05) is 13.2 Å². The van der Waals surface area contributed by atoms with Gasteiger partial charge in [-0.05, 0) is 44.1 Å². The van der Waals surface area contributed by atoms with Crippen molar-refractivity contribution < 1.29 is 10.2 Å². The van der Waals surface area contributed by atoms with Crippen LogP contribution in [0.4, 0.5) is 0 Å².